The fraction of sp³-hybridized carbons (Fsp3) is 0.821. The second-order valence-electron chi connectivity index (χ2n) is 12.3. The molecule has 1 fully saturated rings. The van der Waals surface area contributed by atoms with E-state index in [1.165, 1.54) is 0 Å². The fourth-order valence-electron chi connectivity index (χ4n) is 4.21. The highest BCUT2D eigenvalue weighted by Crippen LogP contribution is 2.19. The second-order valence-corrected chi connectivity index (χ2v) is 12.3. The van der Waals surface area contributed by atoms with E-state index in [0.29, 0.717) is 71.9 Å². The summed E-state index contributed by atoms with van der Waals surface area (Å²) in [6.07, 6.45) is 0.0633. The number of aliphatic hydroxyl groups is 1. The van der Waals surface area contributed by atoms with Gasteiger partial charge in [0.25, 0.3) is 0 Å². The molecule has 1 saturated heterocycles. The summed E-state index contributed by atoms with van der Waals surface area (Å²) in [6.45, 7) is 11.9. The van der Waals surface area contributed by atoms with Gasteiger partial charge < -0.3 is 35.5 Å². The van der Waals surface area contributed by atoms with E-state index < -0.39 is 18.0 Å². The van der Waals surface area contributed by atoms with Crippen LogP contribution in [-0.2, 0) is 33.5 Å². The number of aliphatic carboxylic acids is 2. The molecule has 0 saturated carbocycles. The Morgan fingerprint density at radius 1 is 0.773 bits per heavy atom. The summed E-state index contributed by atoms with van der Waals surface area (Å²) in [7, 11) is 1.00. The molecule has 1 aliphatic rings. The number of aldehydes is 1. The van der Waals surface area contributed by atoms with Crippen LogP contribution < -0.4 is 16.5 Å². The van der Waals surface area contributed by atoms with E-state index in [2.05, 4.69) is 15.5 Å². The Labute approximate surface area is 260 Å². The van der Waals surface area contributed by atoms with Gasteiger partial charge in [-0.1, -0.05) is 27.7 Å². The average Bonchev–Trinajstić information content (AvgIpc) is 3.03. The number of carbonyl (C=O) groups is 5. The largest absolute Gasteiger partial charge is 0.480 e. The lowest BCUT2D eigenvalue weighted by atomic mass is 9.93. The van der Waals surface area contributed by atoms with Gasteiger partial charge in [0.15, 0.2) is 6.29 Å². The molecule has 256 valence electrons. The van der Waals surface area contributed by atoms with E-state index in [9.17, 15) is 34.2 Å². The summed E-state index contributed by atoms with van der Waals surface area (Å²) in [4.78, 5) is 67.9. The highest BCUT2D eigenvalue weighted by Gasteiger charge is 2.25. The van der Waals surface area contributed by atoms with Crippen molar-refractivity contribution < 1.29 is 48.9 Å². The van der Waals surface area contributed by atoms with Crippen molar-refractivity contribution in [2.24, 2.45) is 16.7 Å². The molecule has 0 radical (unpaired) electrons. The van der Waals surface area contributed by atoms with E-state index in [0.717, 1.165) is 7.11 Å². The summed E-state index contributed by atoms with van der Waals surface area (Å²) in [5.74, 6) is 2.69. The van der Waals surface area contributed by atoms with Crippen molar-refractivity contribution in [3.8, 4) is 0 Å². The van der Waals surface area contributed by atoms with Crippen LogP contribution in [0.1, 0.15) is 40.5 Å². The molecule has 0 aliphatic carbocycles. The van der Waals surface area contributed by atoms with E-state index in [-0.39, 0.29) is 55.1 Å². The first-order valence-electron chi connectivity index (χ1n) is 14.6. The molecule has 0 bridgehead atoms. The van der Waals surface area contributed by atoms with Crippen molar-refractivity contribution in [2.45, 2.75) is 46.6 Å². The third-order valence-electron chi connectivity index (χ3n) is 6.78. The summed E-state index contributed by atoms with van der Waals surface area (Å²) >= 11 is 0. The number of nitrogens with zero attached hydrogens (tertiary/aromatic N) is 3. The van der Waals surface area contributed by atoms with Crippen LogP contribution in [0.5, 0.6) is 0 Å². The summed E-state index contributed by atoms with van der Waals surface area (Å²) < 4.78 is 5.94. The fourth-order valence-corrected chi connectivity index (χ4v) is 4.21. The number of amides is 2. The summed E-state index contributed by atoms with van der Waals surface area (Å²) in [5, 5.41) is 31.2. The lowest BCUT2D eigenvalue weighted by Gasteiger charge is -2.30. The van der Waals surface area contributed by atoms with Crippen LogP contribution in [-0.4, -0.2) is 158 Å². The summed E-state index contributed by atoms with van der Waals surface area (Å²) in [5.41, 5.74) is -0.720. The van der Waals surface area contributed by atoms with Crippen LogP contribution in [0.2, 0.25) is 0 Å². The number of ether oxygens (including phenoxy) is 1. The first-order valence-corrected chi connectivity index (χ1v) is 14.6. The first kappa shape index (κ1) is 41.3. The molecule has 1 unspecified atom stereocenters. The van der Waals surface area contributed by atoms with E-state index in [1.54, 1.807) is 9.80 Å². The van der Waals surface area contributed by atoms with Crippen molar-refractivity contribution in [3.63, 3.8) is 0 Å². The summed E-state index contributed by atoms with van der Waals surface area (Å²) in [6, 6.07) is 0. The van der Waals surface area contributed by atoms with Gasteiger partial charge in [-0.2, -0.15) is 0 Å². The Morgan fingerprint density at radius 3 is 1.52 bits per heavy atom. The molecule has 7 N–H and O–H groups in total. The van der Waals surface area contributed by atoms with Crippen LogP contribution >= 0.6 is 0 Å². The third kappa shape index (κ3) is 20.3. The van der Waals surface area contributed by atoms with Gasteiger partial charge in [0.1, 0.15) is 6.10 Å². The zero-order chi connectivity index (χ0) is 33.8. The van der Waals surface area contributed by atoms with Crippen molar-refractivity contribution in [1.82, 2.24) is 25.3 Å². The van der Waals surface area contributed by atoms with Crippen LogP contribution in [0, 0.1) is 10.8 Å². The predicted octanol–water partition coefficient (Wildman–Crippen LogP) is -1.78. The highest BCUT2D eigenvalue weighted by atomic mass is 16.6. The highest BCUT2D eigenvalue weighted by molar-refractivity contribution is 5.78. The van der Waals surface area contributed by atoms with Crippen LogP contribution in [0.15, 0.2) is 0 Å². The van der Waals surface area contributed by atoms with E-state index in [4.69, 9.17) is 15.7 Å². The van der Waals surface area contributed by atoms with Crippen LogP contribution in [0.4, 0.5) is 0 Å². The SMILES string of the molecule is CC(C)(CNC(=O)CCC(C=O)ON)COCC(C)(C)CNC(=O)CN1CCN(CC(=O)O)CCN(CC(=O)O)CC1.CO. The molecule has 1 atom stereocenters. The topological polar surface area (TPSA) is 224 Å². The van der Waals surface area contributed by atoms with Crippen molar-refractivity contribution in [1.29, 1.82) is 0 Å². The molecule has 2 amide bonds. The number of rotatable bonds is 19. The van der Waals surface area contributed by atoms with E-state index >= 15 is 0 Å². The Bertz CT molecular complexity index is 861. The van der Waals surface area contributed by atoms with Gasteiger partial charge in [-0.25, -0.2) is 5.90 Å². The molecular weight excluding hydrogens is 580 g/mol. The van der Waals surface area contributed by atoms with Crippen molar-refractivity contribution >= 4 is 30.0 Å². The minimum atomic E-state index is -0.955. The van der Waals surface area contributed by atoms with Gasteiger partial charge in [-0.05, 0) is 6.42 Å². The number of hydrogen-bond donors (Lipinski definition) is 6. The van der Waals surface area contributed by atoms with Crippen LogP contribution in [0.25, 0.3) is 0 Å². The maximum absolute atomic E-state index is 12.8. The Balaban J connectivity index is 0.00000904. The molecule has 0 aromatic heterocycles. The van der Waals surface area contributed by atoms with Gasteiger partial charge in [-0.3, -0.25) is 38.7 Å². The zero-order valence-corrected chi connectivity index (χ0v) is 26.9. The smallest absolute Gasteiger partial charge is 0.317 e. The maximum Gasteiger partial charge on any atom is 0.317 e. The Morgan fingerprint density at radius 2 is 1.16 bits per heavy atom. The quantitative estimate of drug-likeness (QED) is 0.0683. The molecule has 16 nitrogen and oxygen atoms in total. The van der Waals surface area contributed by atoms with Gasteiger partial charge in [0, 0.05) is 76.7 Å². The molecular formula is C28H54N6O10. The van der Waals surface area contributed by atoms with Gasteiger partial charge >= 0.3 is 11.9 Å². The number of carboxylic acids is 2. The zero-order valence-electron chi connectivity index (χ0n) is 26.9. The number of nitrogens with two attached hydrogens (primary N) is 1. The minimum absolute atomic E-state index is 0.108. The number of aliphatic hydroxyl groups excluding tert-OH is 1. The van der Waals surface area contributed by atoms with Gasteiger partial charge in [0.2, 0.25) is 11.8 Å². The maximum atomic E-state index is 12.8. The van der Waals surface area contributed by atoms with Crippen molar-refractivity contribution in [3.05, 3.63) is 0 Å². The molecule has 1 heterocycles. The molecule has 0 aromatic rings. The van der Waals surface area contributed by atoms with Gasteiger partial charge in [0.05, 0.1) is 32.8 Å². The number of nitrogens with one attached hydrogen (secondary N) is 2. The standard InChI is InChI=1S/C27H50N6O9.CH4O/c1-26(2,17-29-22(35)6-5-21(16-34)42-28)19-41-20-27(3,4)18-30-23(36)13-31-7-9-32(14-24(37)38)11-12-33(10-8-31)15-25(39)40;1-2/h16,21H,5-15,17-20,28H2,1-4H3,(H,29,35)(H,30,36)(H,37,38)(H,39,40);2H,1H3. The van der Waals surface area contributed by atoms with Crippen molar-refractivity contribution in [2.75, 3.05) is 92.3 Å². The molecule has 0 spiro atoms. The van der Waals surface area contributed by atoms with E-state index in [1.807, 2.05) is 32.6 Å². The lowest BCUT2D eigenvalue weighted by Crippen LogP contribution is -2.45. The number of hydrogen-bond acceptors (Lipinski definition) is 12. The Hall–Kier alpha value is -2.73. The molecule has 1 rings (SSSR count). The molecule has 1 aliphatic heterocycles. The lowest BCUT2D eigenvalue weighted by molar-refractivity contribution is -0.140. The molecule has 0 aromatic carbocycles. The molecule has 16 heteroatoms. The number of carbonyl (C=O) groups excluding carboxylic acids is 3. The Kier molecular flexibility index (Phi) is 20.5. The predicted molar refractivity (Wildman–Crippen MR) is 161 cm³/mol. The average molecular weight is 635 g/mol. The third-order valence-corrected chi connectivity index (χ3v) is 6.78. The number of carboxylic acid groups (broad SMARTS) is 2. The van der Waals surface area contributed by atoms with Gasteiger partial charge in [-0.15, -0.1) is 0 Å². The first-order chi connectivity index (χ1) is 20.6. The van der Waals surface area contributed by atoms with Crippen LogP contribution in [0.3, 0.4) is 0 Å². The normalized spacial score (nSPS) is 16.3. The second kappa shape index (κ2) is 21.9. The molecule has 44 heavy (non-hydrogen) atoms. The monoisotopic (exact) mass is 634 g/mol. The minimum Gasteiger partial charge on any atom is -0.480 e.